The number of nitrogens with two attached hydrogens (primary N) is 1. The van der Waals surface area contributed by atoms with E-state index in [1.165, 1.54) is 17.8 Å². The fourth-order valence-electron chi connectivity index (χ4n) is 3.22. The summed E-state index contributed by atoms with van der Waals surface area (Å²) in [5, 5.41) is 10.8. The lowest BCUT2D eigenvalue weighted by molar-refractivity contribution is -0.118. The number of carbonyl (C=O) groups excluding carboxylic acids is 1. The second-order valence-corrected chi connectivity index (χ2v) is 8.89. The molecule has 160 valence electrons. The molecule has 0 aliphatic heterocycles. The van der Waals surface area contributed by atoms with Crippen LogP contribution in [-0.2, 0) is 29.9 Å². The third-order valence-corrected chi connectivity index (χ3v) is 6.04. The number of aryl methyl sites for hydroxylation is 2. The summed E-state index contributed by atoms with van der Waals surface area (Å²) in [5.41, 5.74) is 7.18. The molecule has 0 fully saturated rings. The van der Waals surface area contributed by atoms with Gasteiger partial charge in [-0.2, -0.15) is 0 Å². The number of aromatic nitrogens is 3. The Morgan fingerprint density at radius 3 is 2.70 bits per heavy atom. The maximum absolute atomic E-state index is 12.1. The molecular formula is C21H25ClN4O3S. The number of halogens is 1. The molecule has 0 bridgehead atoms. The van der Waals surface area contributed by atoms with Crippen LogP contribution in [0.3, 0.4) is 0 Å². The molecule has 1 aromatic carbocycles. The Bertz CT molecular complexity index is 1120. The van der Waals surface area contributed by atoms with E-state index in [4.69, 9.17) is 21.8 Å². The number of primary amides is 1. The van der Waals surface area contributed by atoms with Crippen molar-refractivity contribution in [3.8, 4) is 0 Å². The van der Waals surface area contributed by atoms with Crippen molar-refractivity contribution in [1.29, 1.82) is 0 Å². The van der Waals surface area contributed by atoms with Crippen LogP contribution in [0.25, 0.3) is 11.0 Å². The largest absolute Gasteiger partial charge is 0.423 e. The Morgan fingerprint density at radius 2 is 2.03 bits per heavy atom. The number of hydrogen-bond acceptors (Lipinski definition) is 6. The standard InChI is InChI=1S/C21H25ClN4O3S/c1-4-13-7-17-15(9-16(13)22)14(8-20(28)29-17)11-30-21-25-24-19(6-5-18(23)27)26(21)10-12(2)3/h7-9,12H,4-6,10-11H2,1-3H3,(H2,23,27). The highest BCUT2D eigenvalue weighted by molar-refractivity contribution is 7.98. The van der Waals surface area contributed by atoms with Gasteiger partial charge in [-0.05, 0) is 35.6 Å². The van der Waals surface area contributed by atoms with E-state index in [2.05, 4.69) is 24.0 Å². The number of rotatable bonds is 9. The Morgan fingerprint density at radius 1 is 1.27 bits per heavy atom. The summed E-state index contributed by atoms with van der Waals surface area (Å²) in [4.78, 5) is 23.2. The molecule has 3 aromatic rings. The smallest absolute Gasteiger partial charge is 0.336 e. The van der Waals surface area contributed by atoms with E-state index in [1.807, 2.05) is 23.6 Å². The van der Waals surface area contributed by atoms with Gasteiger partial charge in [0, 0.05) is 41.6 Å². The van der Waals surface area contributed by atoms with Crippen molar-refractivity contribution in [1.82, 2.24) is 14.8 Å². The Kier molecular flexibility index (Phi) is 7.20. The van der Waals surface area contributed by atoms with E-state index in [9.17, 15) is 9.59 Å². The fraction of sp³-hybridized carbons (Fsp3) is 0.429. The van der Waals surface area contributed by atoms with Crippen molar-refractivity contribution in [2.75, 3.05) is 0 Å². The molecule has 30 heavy (non-hydrogen) atoms. The summed E-state index contributed by atoms with van der Waals surface area (Å²) < 4.78 is 7.41. The van der Waals surface area contributed by atoms with Crippen molar-refractivity contribution in [2.24, 2.45) is 11.7 Å². The van der Waals surface area contributed by atoms with Crippen LogP contribution in [0.15, 0.2) is 32.6 Å². The topological polar surface area (TPSA) is 104 Å². The van der Waals surface area contributed by atoms with Gasteiger partial charge < -0.3 is 14.7 Å². The minimum Gasteiger partial charge on any atom is -0.423 e. The molecular weight excluding hydrogens is 424 g/mol. The Balaban J connectivity index is 1.91. The van der Waals surface area contributed by atoms with Crippen LogP contribution < -0.4 is 11.4 Å². The lowest BCUT2D eigenvalue weighted by atomic mass is 10.1. The minimum absolute atomic E-state index is 0.226. The number of nitrogens with zero attached hydrogens (tertiary/aromatic N) is 3. The zero-order chi connectivity index (χ0) is 21.8. The first-order valence-electron chi connectivity index (χ1n) is 9.86. The number of amides is 1. The van der Waals surface area contributed by atoms with Gasteiger partial charge in [-0.3, -0.25) is 4.79 Å². The van der Waals surface area contributed by atoms with E-state index >= 15 is 0 Å². The fourth-order valence-corrected chi connectivity index (χ4v) is 4.47. The highest BCUT2D eigenvalue weighted by Gasteiger charge is 2.16. The molecule has 3 rings (SSSR count). The van der Waals surface area contributed by atoms with Gasteiger partial charge >= 0.3 is 5.63 Å². The zero-order valence-corrected chi connectivity index (χ0v) is 18.8. The summed E-state index contributed by atoms with van der Waals surface area (Å²) in [6.45, 7) is 6.94. The molecule has 1 amide bonds. The van der Waals surface area contributed by atoms with Crippen LogP contribution in [0.4, 0.5) is 0 Å². The summed E-state index contributed by atoms with van der Waals surface area (Å²) in [6, 6.07) is 5.18. The van der Waals surface area contributed by atoms with Crippen LogP contribution in [0, 0.1) is 5.92 Å². The van der Waals surface area contributed by atoms with Crippen molar-refractivity contribution >= 4 is 40.2 Å². The van der Waals surface area contributed by atoms with Crippen molar-refractivity contribution in [3.63, 3.8) is 0 Å². The predicted molar refractivity (Wildman–Crippen MR) is 119 cm³/mol. The average molecular weight is 449 g/mol. The first-order valence-corrected chi connectivity index (χ1v) is 11.2. The number of benzene rings is 1. The van der Waals surface area contributed by atoms with Crippen LogP contribution in [0.5, 0.6) is 0 Å². The summed E-state index contributed by atoms with van der Waals surface area (Å²) in [6.07, 6.45) is 1.43. The predicted octanol–water partition coefficient (Wildman–Crippen LogP) is 3.97. The molecule has 0 aliphatic carbocycles. The number of hydrogen-bond donors (Lipinski definition) is 1. The maximum atomic E-state index is 12.1. The summed E-state index contributed by atoms with van der Waals surface area (Å²) in [5.74, 6) is 1.26. The zero-order valence-electron chi connectivity index (χ0n) is 17.3. The highest BCUT2D eigenvalue weighted by atomic mass is 35.5. The number of fused-ring (bicyclic) bond motifs is 1. The van der Waals surface area contributed by atoms with Crippen LogP contribution in [0.2, 0.25) is 5.02 Å². The molecule has 0 unspecified atom stereocenters. The first-order chi connectivity index (χ1) is 14.3. The lowest BCUT2D eigenvalue weighted by Crippen LogP contribution is -2.15. The van der Waals surface area contributed by atoms with E-state index in [-0.39, 0.29) is 12.3 Å². The monoisotopic (exact) mass is 448 g/mol. The van der Waals surface area contributed by atoms with E-state index < -0.39 is 5.63 Å². The van der Waals surface area contributed by atoms with Gasteiger partial charge in [-0.1, -0.05) is 44.1 Å². The molecule has 9 heteroatoms. The molecule has 2 N–H and O–H groups in total. The van der Waals surface area contributed by atoms with Crippen LogP contribution in [-0.4, -0.2) is 20.7 Å². The van der Waals surface area contributed by atoms with E-state index in [0.29, 0.717) is 28.7 Å². The van der Waals surface area contributed by atoms with Gasteiger partial charge in [0.05, 0.1) is 0 Å². The second kappa shape index (κ2) is 9.66. The number of thioether (sulfide) groups is 1. The molecule has 0 radical (unpaired) electrons. The van der Waals surface area contributed by atoms with Gasteiger partial charge in [-0.15, -0.1) is 10.2 Å². The van der Waals surface area contributed by atoms with Gasteiger partial charge in [0.1, 0.15) is 11.4 Å². The first kappa shape index (κ1) is 22.4. The average Bonchev–Trinajstić information content (AvgIpc) is 3.05. The minimum atomic E-state index is -0.395. The third kappa shape index (κ3) is 5.23. The Hall–Kier alpha value is -2.32. The van der Waals surface area contributed by atoms with Crippen molar-refractivity contribution in [3.05, 3.63) is 50.6 Å². The van der Waals surface area contributed by atoms with Gasteiger partial charge in [-0.25, -0.2) is 4.79 Å². The molecule has 2 aromatic heterocycles. The Labute approximate surface area is 184 Å². The highest BCUT2D eigenvalue weighted by Crippen LogP contribution is 2.30. The van der Waals surface area contributed by atoms with Crippen molar-refractivity contribution < 1.29 is 9.21 Å². The summed E-state index contributed by atoms with van der Waals surface area (Å²) >= 11 is 7.87. The van der Waals surface area contributed by atoms with E-state index in [0.717, 1.165) is 40.5 Å². The molecule has 0 atom stereocenters. The number of carbonyl (C=O) groups is 1. The van der Waals surface area contributed by atoms with Gasteiger partial charge in [0.15, 0.2) is 5.16 Å². The normalized spacial score (nSPS) is 11.5. The van der Waals surface area contributed by atoms with E-state index in [1.54, 1.807) is 0 Å². The van der Waals surface area contributed by atoms with Crippen LogP contribution in [0.1, 0.15) is 44.1 Å². The molecule has 7 nitrogen and oxygen atoms in total. The van der Waals surface area contributed by atoms with Crippen LogP contribution >= 0.6 is 23.4 Å². The SMILES string of the molecule is CCc1cc2oc(=O)cc(CSc3nnc(CCC(N)=O)n3CC(C)C)c2cc1Cl. The molecule has 0 spiro atoms. The van der Waals surface area contributed by atoms with Crippen molar-refractivity contribution in [2.45, 2.75) is 57.5 Å². The van der Waals surface area contributed by atoms with Gasteiger partial charge in [0.25, 0.3) is 0 Å². The molecule has 0 saturated carbocycles. The van der Waals surface area contributed by atoms with Gasteiger partial charge in [0.2, 0.25) is 5.91 Å². The lowest BCUT2D eigenvalue weighted by Gasteiger charge is -2.13. The quantitative estimate of drug-likeness (QED) is 0.392. The molecule has 2 heterocycles. The summed E-state index contributed by atoms with van der Waals surface area (Å²) in [7, 11) is 0. The molecule has 0 saturated heterocycles. The molecule has 0 aliphatic rings. The second-order valence-electron chi connectivity index (χ2n) is 7.54. The third-order valence-electron chi connectivity index (χ3n) is 4.67. The maximum Gasteiger partial charge on any atom is 0.336 e.